The molecule has 1 rings (SSSR count). The number of hydrogen-bond donors (Lipinski definition) is 2. The fourth-order valence-corrected chi connectivity index (χ4v) is 1.78. The fourth-order valence-electron chi connectivity index (χ4n) is 1.78. The van der Waals surface area contributed by atoms with Crippen LogP contribution in [-0.2, 0) is 6.54 Å². The lowest BCUT2D eigenvalue weighted by atomic mass is 10.1. The summed E-state index contributed by atoms with van der Waals surface area (Å²) < 4.78 is 0. The van der Waals surface area contributed by atoms with E-state index in [1.807, 2.05) is 31.2 Å². The number of rotatable bonds is 7. The summed E-state index contributed by atoms with van der Waals surface area (Å²) in [6, 6.07) is 7.98. The van der Waals surface area contributed by atoms with Crippen molar-refractivity contribution in [1.82, 2.24) is 10.2 Å². The summed E-state index contributed by atoms with van der Waals surface area (Å²) in [6.45, 7) is 5.72. The van der Waals surface area contributed by atoms with Crippen LogP contribution in [0.25, 0.3) is 0 Å². The minimum atomic E-state index is -0.108. The predicted molar refractivity (Wildman–Crippen MR) is 77.0 cm³/mol. The lowest BCUT2D eigenvalue weighted by molar-refractivity contribution is 0.176. The van der Waals surface area contributed by atoms with Crippen LogP contribution in [0.5, 0.6) is 0 Å². The number of carbonyl (C=O) groups excluding carboxylic acids is 1. The van der Waals surface area contributed by atoms with Crippen LogP contribution in [0.3, 0.4) is 0 Å². The van der Waals surface area contributed by atoms with Crippen LogP contribution >= 0.6 is 0 Å². The van der Waals surface area contributed by atoms with Crippen molar-refractivity contribution in [2.45, 2.75) is 33.2 Å². The molecule has 0 aliphatic rings. The van der Waals surface area contributed by atoms with Crippen LogP contribution < -0.4 is 5.32 Å². The molecular formula is C15H24N2O2. The Morgan fingerprint density at radius 1 is 1.26 bits per heavy atom. The van der Waals surface area contributed by atoms with E-state index in [1.165, 1.54) is 5.56 Å². The van der Waals surface area contributed by atoms with Gasteiger partial charge in [0.1, 0.15) is 0 Å². The molecule has 106 valence electrons. The second-order valence-electron chi connectivity index (χ2n) is 4.71. The summed E-state index contributed by atoms with van der Waals surface area (Å²) in [5, 5.41) is 11.9. The zero-order valence-electron chi connectivity index (χ0n) is 11.9. The van der Waals surface area contributed by atoms with E-state index >= 15 is 0 Å². The highest BCUT2D eigenvalue weighted by molar-refractivity contribution is 5.74. The predicted octanol–water partition coefficient (Wildman–Crippen LogP) is 2.30. The zero-order valence-corrected chi connectivity index (χ0v) is 11.9. The molecule has 1 aromatic carbocycles. The summed E-state index contributed by atoms with van der Waals surface area (Å²) in [7, 11) is 0. The molecule has 0 atom stereocenters. The number of benzene rings is 1. The molecule has 0 unspecified atom stereocenters. The largest absolute Gasteiger partial charge is 0.395 e. The molecule has 2 N–H and O–H groups in total. The van der Waals surface area contributed by atoms with E-state index in [-0.39, 0.29) is 12.6 Å². The molecule has 0 bridgehead atoms. The average Bonchev–Trinajstić information content (AvgIpc) is 2.42. The minimum Gasteiger partial charge on any atom is -0.395 e. The number of hydrogen-bond acceptors (Lipinski definition) is 2. The summed E-state index contributed by atoms with van der Waals surface area (Å²) in [4.78, 5) is 13.6. The van der Waals surface area contributed by atoms with Gasteiger partial charge in [-0.15, -0.1) is 0 Å². The van der Waals surface area contributed by atoms with Crippen molar-refractivity contribution in [1.29, 1.82) is 0 Å². The Morgan fingerprint density at radius 3 is 2.53 bits per heavy atom. The number of amides is 2. The van der Waals surface area contributed by atoms with Crippen LogP contribution in [0.4, 0.5) is 4.79 Å². The van der Waals surface area contributed by atoms with Crippen LogP contribution in [0.1, 0.15) is 30.9 Å². The number of aliphatic hydroxyl groups excluding tert-OH is 1. The first kappa shape index (κ1) is 15.5. The number of unbranched alkanes of at least 4 members (excludes halogenated alkanes) is 1. The number of urea groups is 1. The van der Waals surface area contributed by atoms with Crippen molar-refractivity contribution in [2.75, 3.05) is 19.7 Å². The number of nitrogens with zero attached hydrogens (tertiary/aromatic N) is 1. The van der Waals surface area contributed by atoms with Gasteiger partial charge in [0.2, 0.25) is 0 Å². The van der Waals surface area contributed by atoms with Crippen LogP contribution in [-0.4, -0.2) is 35.7 Å². The summed E-state index contributed by atoms with van der Waals surface area (Å²) in [5.41, 5.74) is 2.29. The Labute approximate surface area is 115 Å². The molecule has 4 heteroatoms. The van der Waals surface area contributed by atoms with Crippen LogP contribution in [0.15, 0.2) is 24.3 Å². The molecular weight excluding hydrogens is 240 g/mol. The van der Waals surface area contributed by atoms with E-state index in [2.05, 4.69) is 12.2 Å². The third-order valence-corrected chi connectivity index (χ3v) is 3.00. The molecule has 0 aromatic heterocycles. The van der Waals surface area contributed by atoms with Gasteiger partial charge in [0.25, 0.3) is 0 Å². The Balaban J connectivity index is 2.44. The van der Waals surface area contributed by atoms with Gasteiger partial charge in [0.05, 0.1) is 6.61 Å². The lowest BCUT2D eigenvalue weighted by Gasteiger charge is -2.22. The average molecular weight is 264 g/mol. The summed E-state index contributed by atoms with van der Waals surface area (Å²) in [6.07, 6.45) is 1.99. The van der Waals surface area contributed by atoms with Crippen molar-refractivity contribution in [3.63, 3.8) is 0 Å². The maximum atomic E-state index is 12.0. The van der Waals surface area contributed by atoms with Gasteiger partial charge in [-0.05, 0) is 18.9 Å². The first-order valence-electron chi connectivity index (χ1n) is 6.86. The SMILES string of the molecule is CCCCN(CCO)C(=O)NCc1ccc(C)cc1. The molecule has 0 saturated carbocycles. The highest BCUT2D eigenvalue weighted by Crippen LogP contribution is 2.03. The molecule has 2 amide bonds. The fraction of sp³-hybridized carbons (Fsp3) is 0.533. The van der Waals surface area contributed by atoms with Crippen molar-refractivity contribution >= 4 is 6.03 Å². The minimum absolute atomic E-state index is 0.00165. The van der Waals surface area contributed by atoms with E-state index in [1.54, 1.807) is 4.90 Å². The molecule has 1 aromatic rings. The lowest BCUT2D eigenvalue weighted by Crippen LogP contribution is -2.41. The molecule has 0 saturated heterocycles. The van der Waals surface area contributed by atoms with Gasteiger partial charge >= 0.3 is 6.03 Å². The van der Waals surface area contributed by atoms with Gasteiger partial charge in [-0.2, -0.15) is 0 Å². The van der Waals surface area contributed by atoms with Crippen molar-refractivity contribution in [3.05, 3.63) is 35.4 Å². The van der Waals surface area contributed by atoms with Gasteiger partial charge in [-0.3, -0.25) is 0 Å². The van der Waals surface area contributed by atoms with E-state index < -0.39 is 0 Å². The number of carbonyl (C=O) groups is 1. The van der Waals surface area contributed by atoms with E-state index in [0.29, 0.717) is 19.6 Å². The van der Waals surface area contributed by atoms with Crippen LogP contribution in [0, 0.1) is 6.92 Å². The summed E-state index contributed by atoms with van der Waals surface area (Å²) in [5.74, 6) is 0. The quantitative estimate of drug-likeness (QED) is 0.794. The van der Waals surface area contributed by atoms with E-state index in [0.717, 1.165) is 18.4 Å². The Bertz CT molecular complexity index is 376. The monoisotopic (exact) mass is 264 g/mol. The zero-order chi connectivity index (χ0) is 14.1. The molecule has 4 nitrogen and oxygen atoms in total. The van der Waals surface area contributed by atoms with Gasteiger partial charge in [0, 0.05) is 19.6 Å². The number of nitrogens with one attached hydrogen (secondary N) is 1. The van der Waals surface area contributed by atoms with Gasteiger partial charge in [-0.1, -0.05) is 43.2 Å². The first-order chi connectivity index (χ1) is 9.17. The van der Waals surface area contributed by atoms with Gasteiger partial charge in [0.15, 0.2) is 0 Å². The van der Waals surface area contributed by atoms with Gasteiger partial charge < -0.3 is 15.3 Å². The van der Waals surface area contributed by atoms with Gasteiger partial charge in [-0.25, -0.2) is 4.79 Å². The summed E-state index contributed by atoms with van der Waals surface area (Å²) >= 11 is 0. The second kappa shape index (κ2) is 8.53. The highest BCUT2D eigenvalue weighted by Gasteiger charge is 2.11. The molecule has 0 heterocycles. The molecule has 0 fully saturated rings. The van der Waals surface area contributed by atoms with Crippen LogP contribution in [0.2, 0.25) is 0 Å². The molecule has 0 spiro atoms. The topological polar surface area (TPSA) is 52.6 Å². The third-order valence-electron chi connectivity index (χ3n) is 3.00. The van der Waals surface area contributed by atoms with Crippen molar-refractivity contribution < 1.29 is 9.90 Å². The van der Waals surface area contributed by atoms with Crippen molar-refractivity contribution in [3.8, 4) is 0 Å². The standard InChI is InChI=1S/C15H24N2O2/c1-3-4-9-17(10-11-18)15(19)16-12-14-7-5-13(2)6-8-14/h5-8,18H,3-4,9-12H2,1-2H3,(H,16,19). The molecule has 19 heavy (non-hydrogen) atoms. The maximum Gasteiger partial charge on any atom is 0.317 e. The Kier molecular flexibility index (Phi) is 6.97. The second-order valence-corrected chi connectivity index (χ2v) is 4.71. The number of aryl methyl sites for hydroxylation is 1. The molecule has 0 aliphatic heterocycles. The van der Waals surface area contributed by atoms with E-state index in [4.69, 9.17) is 5.11 Å². The molecule has 0 radical (unpaired) electrons. The Hall–Kier alpha value is -1.55. The third kappa shape index (κ3) is 5.75. The Morgan fingerprint density at radius 2 is 1.95 bits per heavy atom. The van der Waals surface area contributed by atoms with Crippen molar-refractivity contribution in [2.24, 2.45) is 0 Å². The molecule has 0 aliphatic carbocycles. The first-order valence-corrected chi connectivity index (χ1v) is 6.86. The smallest absolute Gasteiger partial charge is 0.317 e. The number of aliphatic hydroxyl groups is 1. The maximum absolute atomic E-state index is 12.0. The van der Waals surface area contributed by atoms with E-state index in [9.17, 15) is 4.79 Å². The highest BCUT2D eigenvalue weighted by atomic mass is 16.3. The normalized spacial score (nSPS) is 10.3.